The van der Waals surface area contributed by atoms with Gasteiger partial charge in [0, 0.05) is 67.3 Å². The Balaban J connectivity index is 1.02. The summed E-state index contributed by atoms with van der Waals surface area (Å²) in [5.74, 6) is 0.494. The van der Waals surface area contributed by atoms with Gasteiger partial charge >= 0.3 is 0 Å². The van der Waals surface area contributed by atoms with Gasteiger partial charge in [-0.1, -0.05) is 217 Å². The van der Waals surface area contributed by atoms with E-state index in [1.807, 2.05) is 48.5 Å². The molecule has 14 rings (SSSR count). The van der Waals surface area contributed by atoms with E-state index in [9.17, 15) is 5.26 Å². The largest absolute Gasteiger partial charge is 0.311 e. The molecule has 2 aliphatic rings. The third-order valence-electron chi connectivity index (χ3n) is 18.2. The Bertz CT molecular complexity index is 4540. The van der Waals surface area contributed by atoms with Gasteiger partial charge in [0.2, 0.25) is 0 Å². The van der Waals surface area contributed by atoms with Gasteiger partial charge in [-0.15, -0.1) is 0 Å². The van der Waals surface area contributed by atoms with Crippen molar-refractivity contribution in [2.45, 2.75) is 105 Å². The summed E-state index contributed by atoms with van der Waals surface area (Å²) in [4.78, 5) is 15.6. The first-order valence-electron chi connectivity index (χ1n) is 31.0. The number of rotatable bonds is 7. The van der Waals surface area contributed by atoms with Crippen LogP contribution in [0.2, 0.25) is 0 Å². The van der Waals surface area contributed by atoms with Gasteiger partial charge in [0.25, 0.3) is 6.71 Å². The minimum absolute atomic E-state index is 0.0337. The zero-order valence-corrected chi connectivity index (χ0v) is 52.6. The van der Waals surface area contributed by atoms with Gasteiger partial charge in [-0.25, -0.2) is 9.97 Å². The number of benzene rings is 10. The molecule has 0 saturated heterocycles. The Hall–Kier alpha value is -9.77. The van der Waals surface area contributed by atoms with Crippen LogP contribution in [0.4, 0.5) is 34.1 Å². The summed E-state index contributed by atoms with van der Waals surface area (Å²) in [5, 5.41) is 13.1. The first-order chi connectivity index (χ1) is 42.1. The van der Waals surface area contributed by atoms with Crippen LogP contribution in [0.5, 0.6) is 0 Å². The summed E-state index contributed by atoms with van der Waals surface area (Å²) in [6, 6.07) is 84.7. The molecule has 0 bridgehead atoms. The minimum Gasteiger partial charge on any atom is -0.311 e. The quantitative estimate of drug-likeness (QED) is 0.149. The van der Waals surface area contributed by atoms with Gasteiger partial charge in [-0.2, -0.15) is 5.26 Å². The second kappa shape index (κ2) is 20.7. The SMILES string of the molecule is CC(C)(C)c1cc(N2c3ccccc3B3c4ccccc4N(c4cc(C(C)(C)C)cc(C(C)(C)C)c4)c4cc(-c5ccc6c(c5)c5ccccc5n6-c5ccc(C#N)c(-c6nc(-c7ccccc7)cc(-c7ccccc7)n6)c5)cc2c43)cc(C(C)(C)C)c1. The molecule has 0 aliphatic carbocycles. The van der Waals surface area contributed by atoms with Gasteiger partial charge in [-0.05, 0) is 162 Å². The predicted molar refractivity (Wildman–Crippen MR) is 372 cm³/mol. The highest BCUT2D eigenvalue weighted by Gasteiger charge is 2.44. The maximum absolute atomic E-state index is 10.8. The van der Waals surface area contributed by atoms with Gasteiger partial charge in [0.15, 0.2) is 5.82 Å². The van der Waals surface area contributed by atoms with Crippen molar-refractivity contribution in [1.82, 2.24) is 14.5 Å². The van der Waals surface area contributed by atoms with Crippen molar-refractivity contribution in [2.24, 2.45) is 0 Å². The maximum Gasteiger partial charge on any atom is 0.252 e. The van der Waals surface area contributed by atoms with Crippen molar-refractivity contribution in [2.75, 3.05) is 9.80 Å². The Labute approximate surface area is 519 Å². The number of nitrogens with zero attached hydrogens (tertiary/aromatic N) is 6. The highest BCUT2D eigenvalue weighted by atomic mass is 15.2. The molecule has 0 unspecified atom stereocenters. The van der Waals surface area contributed by atoms with Gasteiger partial charge < -0.3 is 14.4 Å². The number of aromatic nitrogens is 3. The highest BCUT2D eigenvalue weighted by molar-refractivity contribution is 7.00. The second-order valence-corrected chi connectivity index (χ2v) is 28.3. The lowest BCUT2D eigenvalue weighted by atomic mass is 9.33. The van der Waals surface area contributed by atoms with Crippen LogP contribution in [0.15, 0.2) is 224 Å². The van der Waals surface area contributed by atoms with Crippen LogP contribution < -0.4 is 26.2 Å². The molecule has 0 radical (unpaired) electrons. The van der Waals surface area contributed by atoms with Crippen molar-refractivity contribution in [3.8, 4) is 56.8 Å². The molecule has 430 valence electrons. The molecule has 2 aliphatic heterocycles. The van der Waals surface area contributed by atoms with Crippen molar-refractivity contribution in [1.29, 1.82) is 5.26 Å². The van der Waals surface area contributed by atoms with E-state index in [1.54, 1.807) is 0 Å². The maximum atomic E-state index is 10.8. The normalized spacial score (nSPS) is 13.1. The monoisotopic (exact) mass is 1140 g/mol. The lowest BCUT2D eigenvalue weighted by Crippen LogP contribution is -2.61. The average molecular weight is 1140 g/mol. The lowest BCUT2D eigenvalue weighted by molar-refractivity contribution is 0.568. The van der Waals surface area contributed by atoms with Crippen molar-refractivity contribution < 1.29 is 0 Å². The van der Waals surface area contributed by atoms with Gasteiger partial charge in [0.1, 0.15) is 0 Å². The molecule has 6 nitrogen and oxygen atoms in total. The van der Waals surface area contributed by atoms with E-state index >= 15 is 0 Å². The van der Waals surface area contributed by atoms with Crippen LogP contribution in [0.1, 0.15) is 111 Å². The van der Waals surface area contributed by atoms with Crippen LogP contribution in [-0.4, -0.2) is 21.2 Å². The standard InChI is InChI=1S/C81H73BN6/c1-78(2,3)56-42-57(79(4,5)6)45-61(44-56)87-72-33-23-20-30-66(72)82-67-31-21-24-34-73(67)88(62-46-58(80(7,8)9)43-59(47-62)81(10,11)12)75-41-55(40-74(87)76(75)82)53-36-38-71-65(39-53)63-29-19-22-32-70(63)86(71)60-37-35-54(50-83)64(48-60)77-84-68(51-25-15-13-16-26-51)49-69(85-77)52-27-17-14-18-28-52/h13-49H,1-12H3. The molecule has 0 fully saturated rings. The third-order valence-corrected chi connectivity index (χ3v) is 18.2. The molecule has 0 spiro atoms. The Morgan fingerprint density at radius 3 is 1.31 bits per heavy atom. The van der Waals surface area contributed by atoms with Crippen molar-refractivity contribution in [3.05, 3.63) is 252 Å². The smallest absolute Gasteiger partial charge is 0.252 e. The zero-order valence-electron chi connectivity index (χ0n) is 52.6. The number of hydrogen-bond acceptors (Lipinski definition) is 5. The molecular weight excluding hydrogens is 1070 g/mol. The predicted octanol–water partition coefficient (Wildman–Crippen LogP) is 19.4. The molecule has 12 aromatic rings. The van der Waals surface area contributed by atoms with E-state index in [0.29, 0.717) is 17.0 Å². The molecule has 7 heteroatoms. The fourth-order valence-electron chi connectivity index (χ4n) is 13.3. The summed E-state index contributed by atoms with van der Waals surface area (Å²) in [7, 11) is 0. The summed E-state index contributed by atoms with van der Waals surface area (Å²) in [6.45, 7) is 28.0. The van der Waals surface area contributed by atoms with E-state index in [4.69, 9.17) is 9.97 Å². The number of fused-ring (bicyclic) bond motifs is 7. The molecule has 10 aromatic carbocycles. The van der Waals surface area contributed by atoms with E-state index in [2.05, 4.69) is 279 Å². The number of nitriles is 1. The van der Waals surface area contributed by atoms with Crippen LogP contribution >= 0.6 is 0 Å². The molecule has 4 heterocycles. The Kier molecular flexibility index (Phi) is 13.2. The summed E-state index contributed by atoms with van der Waals surface area (Å²) in [5.41, 5.74) is 25.7. The molecule has 0 N–H and O–H groups in total. The highest BCUT2D eigenvalue weighted by Crippen LogP contribution is 2.49. The average Bonchev–Trinajstić information content (AvgIpc) is 0.932. The zero-order chi connectivity index (χ0) is 61.2. The van der Waals surface area contributed by atoms with E-state index in [-0.39, 0.29) is 28.4 Å². The fraction of sp³-hybridized carbons (Fsp3) is 0.198. The fourth-order valence-corrected chi connectivity index (χ4v) is 13.3. The van der Waals surface area contributed by atoms with E-state index in [0.717, 1.165) is 72.5 Å². The lowest BCUT2D eigenvalue weighted by Gasteiger charge is -2.45. The molecular formula is C81H73BN6. The number of anilines is 6. The van der Waals surface area contributed by atoms with Crippen molar-refractivity contribution in [3.63, 3.8) is 0 Å². The second-order valence-electron chi connectivity index (χ2n) is 28.3. The molecule has 0 saturated carbocycles. The summed E-state index contributed by atoms with van der Waals surface area (Å²) < 4.78 is 2.33. The Morgan fingerprint density at radius 1 is 0.364 bits per heavy atom. The molecule has 0 atom stereocenters. The van der Waals surface area contributed by atoms with Crippen LogP contribution in [0.25, 0.3) is 72.5 Å². The van der Waals surface area contributed by atoms with E-state index < -0.39 is 0 Å². The number of para-hydroxylation sites is 3. The molecule has 88 heavy (non-hydrogen) atoms. The summed E-state index contributed by atoms with van der Waals surface area (Å²) >= 11 is 0. The van der Waals surface area contributed by atoms with Crippen LogP contribution in [-0.2, 0) is 21.7 Å². The van der Waals surface area contributed by atoms with Crippen molar-refractivity contribution >= 4 is 79.0 Å². The topological polar surface area (TPSA) is 61.0 Å². The molecule has 0 amide bonds. The Morgan fingerprint density at radius 2 is 0.818 bits per heavy atom. The summed E-state index contributed by atoms with van der Waals surface area (Å²) in [6.07, 6.45) is 0. The number of hydrogen-bond donors (Lipinski definition) is 0. The first-order valence-corrected chi connectivity index (χ1v) is 31.0. The van der Waals surface area contributed by atoms with Gasteiger partial charge in [-0.3, -0.25) is 0 Å². The molecule has 2 aromatic heterocycles. The van der Waals surface area contributed by atoms with Crippen LogP contribution in [0.3, 0.4) is 0 Å². The van der Waals surface area contributed by atoms with Gasteiger partial charge in [0.05, 0.1) is 34.1 Å². The third kappa shape index (κ3) is 9.67. The van der Waals surface area contributed by atoms with E-state index in [1.165, 1.54) is 61.4 Å². The van der Waals surface area contributed by atoms with Crippen LogP contribution in [0, 0.1) is 11.3 Å². The first kappa shape index (κ1) is 56.1. The minimum atomic E-state index is -0.102.